The Hall–Kier alpha value is -1.13. The summed E-state index contributed by atoms with van der Waals surface area (Å²) >= 11 is 0. The third kappa shape index (κ3) is 5.64. The number of hydrogen-bond acceptors (Lipinski definition) is 4. The van der Waals surface area contributed by atoms with E-state index in [0.29, 0.717) is 6.42 Å². The Labute approximate surface area is 129 Å². The molecule has 1 N–H and O–H groups in total. The van der Waals surface area contributed by atoms with Crippen molar-refractivity contribution in [1.82, 2.24) is 9.88 Å². The molecule has 0 aromatic carbocycles. The fourth-order valence-corrected chi connectivity index (χ4v) is 2.49. The molecule has 0 saturated carbocycles. The Morgan fingerprint density at radius 3 is 2.24 bits per heavy atom. The predicted octanol–water partition coefficient (Wildman–Crippen LogP) is 3.08. The van der Waals surface area contributed by atoms with Crippen molar-refractivity contribution in [2.45, 2.75) is 46.6 Å². The van der Waals surface area contributed by atoms with Crippen LogP contribution in [0.5, 0.6) is 0 Å². The van der Waals surface area contributed by atoms with Gasteiger partial charge in [0, 0.05) is 13.1 Å². The van der Waals surface area contributed by atoms with Gasteiger partial charge in [-0.2, -0.15) is 0 Å². The van der Waals surface area contributed by atoms with Gasteiger partial charge >= 0.3 is 0 Å². The zero-order valence-corrected chi connectivity index (χ0v) is 14.0. The van der Waals surface area contributed by atoms with Crippen molar-refractivity contribution < 1.29 is 5.11 Å². The molecule has 0 aliphatic rings. The van der Waals surface area contributed by atoms with E-state index in [1.807, 2.05) is 19.2 Å². The summed E-state index contributed by atoms with van der Waals surface area (Å²) in [5.74, 6) is 0. The van der Waals surface area contributed by atoms with Gasteiger partial charge in [-0.1, -0.05) is 20.8 Å². The molecular formula is C17H31N3O. The van der Waals surface area contributed by atoms with E-state index in [1.165, 1.54) is 0 Å². The highest BCUT2D eigenvalue weighted by atomic mass is 16.3. The average Bonchev–Trinajstić information content (AvgIpc) is 2.55. The molecule has 120 valence electrons. The van der Waals surface area contributed by atoms with Gasteiger partial charge in [-0.05, 0) is 51.5 Å². The summed E-state index contributed by atoms with van der Waals surface area (Å²) < 4.78 is 0. The molecule has 0 radical (unpaired) electrons. The molecule has 1 atom stereocenters. The molecule has 21 heavy (non-hydrogen) atoms. The first-order chi connectivity index (χ1) is 10.2. The van der Waals surface area contributed by atoms with E-state index in [4.69, 9.17) is 0 Å². The molecule has 0 unspecified atom stereocenters. The Bertz CT molecular complexity index is 376. The van der Waals surface area contributed by atoms with E-state index in [-0.39, 0.29) is 0 Å². The zero-order chi connectivity index (χ0) is 15.7. The van der Waals surface area contributed by atoms with Crippen LogP contribution in [0.1, 0.15) is 52.3 Å². The minimum absolute atomic E-state index is 0.447. The second-order valence-electron chi connectivity index (χ2n) is 5.33. The van der Waals surface area contributed by atoms with E-state index in [1.54, 1.807) is 0 Å². The van der Waals surface area contributed by atoms with Crippen LogP contribution in [0.25, 0.3) is 0 Å². The average molecular weight is 293 g/mol. The molecule has 1 heterocycles. The molecule has 0 aliphatic carbocycles. The van der Waals surface area contributed by atoms with Crippen molar-refractivity contribution in [3.8, 4) is 0 Å². The van der Waals surface area contributed by atoms with E-state index in [2.05, 4.69) is 41.6 Å². The van der Waals surface area contributed by atoms with Gasteiger partial charge in [0.05, 0.1) is 23.7 Å². The zero-order valence-electron chi connectivity index (χ0n) is 14.0. The van der Waals surface area contributed by atoms with Gasteiger partial charge in [-0.15, -0.1) is 0 Å². The fourth-order valence-electron chi connectivity index (χ4n) is 2.49. The third-order valence-electron chi connectivity index (χ3n) is 4.04. The molecule has 0 aliphatic heterocycles. The Morgan fingerprint density at radius 1 is 1.05 bits per heavy atom. The first-order valence-corrected chi connectivity index (χ1v) is 8.27. The van der Waals surface area contributed by atoms with Crippen LogP contribution in [0.2, 0.25) is 0 Å². The summed E-state index contributed by atoms with van der Waals surface area (Å²) in [6.45, 7) is 14.0. The summed E-state index contributed by atoms with van der Waals surface area (Å²) in [6.07, 6.45) is 3.30. The summed E-state index contributed by atoms with van der Waals surface area (Å²) in [6, 6.07) is 4.01. The van der Waals surface area contributed by atoms with Crippen LogP contribution >= 0.6 is 0 Å². The minimum atomic E-state index is -0.447. The highest BCUT2D eigenvalue weighted by molar-refractivity contribution is 5.44. The lowest BCUT2D eigenvalue weighted by Crippen LogP contribution is -2.30. The van der Waals surface area contributed by atoms with Crippen LogP contribution in [0.3, 0.4) is 0 Å². The van der Waals surface area contributed by atoms with Crippen LogP contribution in [0, 0.1) is 0 Å². The molecule has 1 rings (SSSR count). The Balaban J connectivity index is 2.55. The van der Waals surface area contributed by atoms with Gasteiger partial charge in [0.1, 0.15) is 0 Å². The number of aromatic nitrogens is 1. The summed E-state index contributed by atoms with van der Waals surface area (Å²) in [5, 5.41) is 9.79. The quantitative estimate of drug-likeness (QED) is 0.719. The number of rotatable bonds is 10. The number of anilines is 1. The SMILES string of the molecule is CC[C@H](O)c1ccc(N(CC)CCCN(CC)CC)cn1. The number of nitrogens with zero attached hydrogens (tertiary/aromatic N) is 3. The second-order valence-corrected chi connectivity index (χ2v) is 5.33. The largest absolute Gasteiger partial charge is 0.387 e. The van der Waals surface area contributed by atoms with E-state index >= 15 is 0 Å². The standard InChI is InChI=1S/C17H31N3O/c1-5-17(21)16-11-10-15(14-18-16)20(8-4)13-9-12-19(6-2)7-3/h10-11,14,17,21H,5-9,12-13H2,1-4H3/t17-/m0/s1. The molecule has 0 spiro atoms. The first kappa shape index (κ1) is 17.9. The van der Waals surface area contributed by atoms with Gasteiger partial charge in [0.15, 0.2) is 0 Å². The number of pyridine rings is 1. The summed E-state index contributed by atoms with van der Waals surface area (Å²) in [4.78, 5) is 9.19. The molecule has 0 saturated heterocycles. The minimum Gasteiger partial charge on any atom is -0.387 e. The normalized spacial score (nSPS) is 12.7. The monoisotopic (exact) mass is 293 g/mol. The van der Waals surface area contributed by atoms with Crippen LogP contribution in [0.4, 0.5) is 5.69 Å². The lowest BCUT2D eigenvalue weighted by atomic mass is 10.2. The highest BCUT2D eigenvalue weighted by Crippen LogP contribution is 2.18. The van der Waals surface area contributed by atoms with Gasteiger partial charge < -0.3 is 14.9 Å². The van der Waals surface area contributed by atoms with Crippen LogP contribution in [-0.2, 0) is 0 Å². The molecule has 1 aromatic heterocycles. The Morgan fingerprint density at radius 2 is 1.76 bits per heavy atom. The lowest BCUT2D eigenvalue weighted by Gasteiger charge is -2.25. The Kier molecular flexibility index (Phi) is 8.31. The number of aliphatic hydroxyl groups is 1. The van der Waals surface area contributed by atoms with E-state index in [0.717, 1.165) is 50.5 Å². The molecule has 4 heteroatoms. The first-order valence-electron chi connectivity index (χ1n) is 8.27. The summed E-state index contributed by atoms with van der Waals surface area (Å²) in [5.41, 5.74) is 1.91. The number of aliphatic hydroxyl groups excluding tert-OH is 1. The van der Waals surface area contributed by atoms with Crippen molar-refractivity contribution in [2.75, 3.05) is 37.6 Å². The maximum absolute atomic E-state index is 9.79. The summed E-state index contributed by atoms with van der Waals surface area (Å²) in [7, 11) is 0. The molecule has 4 nitrogen and oxygen atoms in total. The second kappa shape index (κ2) is 9.74. The van der Waals surface area contributed by atoms with Crippen molar-refractivity contribution in [1.29, 1.82) is 0 Å². The topological polar surface area (TPSA) is 39.6 Å². The van der Waals surface area contributed by atoms with Crippen molar-refractivity contribution in [3.05, 3.63) is 24.0 Å². The van der Waals surface area contributed by atoms with Gasteiger partial charge in [0.2, 0.25) is 0 Å². The molecular weight excluding hydrogens is 262 g/mol. The van der Waals surface area contributed by atoms with Gasteiger partial charge in [0.25, 0.3) is 0 Å². The predicted molar refractivity (Wildman–Crippen MR) is 89.8 cm³/mol. The molecule has 0 bridgehead atoms. The fraction of sp³-hybridized carbons (Fsp3) is 0.706. The van der Waals surface area contributed by atoms with E-state index in [9.17, 15) is 5.11 Å². The smallest absolute Gasteiger partial charge is 0.0957 e. The third-order valence-corrected chi connectivity index (χ3v) is 4.04. The maximum atomic E-state index is 9.79. The maximum Gasteiger partial charge on any atom is 0.0957 e. The molecule has 1 aromatic rings. The van der Waals surface area contributed by atoms with Crippen molar-refractivity contribution in [3.63, 3.8) is 0 Å². The lowest BCUT2D eigenvalue weighted by molar-refractivity contribution is 0.169. The number of hydrogen-bond donors (Lipinski definition) is 1. The van der Waals surface area contributed by atoms with Crippen LogP contribution in [0.15, 0.2) is 18.3 Å². The van der Waals surface area contributed by atoms with Gasteiger partial charge in [-0.25, -0.2) is 0 Å². The van der Waals surface area contributed by atoms with Crippen molar-refractivity contribution >= 4 is 5.69 Å². The van der Waals surface area contributed by atoms with E-state index < -0.39 is 6.10 Å². The molecule has 0 amide bonds. The van der Waals surface area contributed by atoms with Gasteiger partial charge in [-0.3, -0.25) is 4.98 Å². The molecule has 0 fully saturated rings. The highest BCUT2D eigenvalue weighted by Gasteiger charge is 2.09. The van der Waals surface area contributed by atoms with Crippen LogP contribution in [-0.4, -0.2) is 47.7 Å². The van der Waals surface area contributed by atoms with Crippen LogP contribution < -0.4 is 4.90 Å². The van der Waals surface area contributed by atoms with Crippen molar-refractivity contribution in [2.24, 2.45) is 0 Å².